The number of amides is 1. The van der Waals surface area contributed by atoms with Gasteiger partial charge in [0.05, 0.1) is 6.61 Å². The molecule has 1 N–H and O–H groups in total. The third-order valence-electron chi connectivity index (χ3n) is 2.14. The summed E-state index contributed by atoms with van der Waals surface area (Å²) < 4.78 is 26.5. The van der Waals surface area contributed by atoms with Crippen LogP contribution in [0.2, 0.25) is 0 Å². The van der Waals surface area contributed by atoms with Crippen LogP contribution in [0.25, 0.3) is 0 Å². The highest BCUT2D eigenvalue weighted by Crippen LogP contribution is 2.41. The van der Waals surface area contributed by atoms with Gasteiger partial charge in [-0.1, -0.05) is 0 Å². The first-order chi connectivity index (χ1) is 9.50. The molecule has 0 aromatic carbocycles. The summed E-state index contributed by atoms with van der Waals surface area (Å²) in [6.45, 7) is 8.32. The zero-order valence-electron chi connectivity index (χ0n) is 13.4. The molecule has 0 saturated carbocycles. The van der Waals surface area contributed by atoms with Gasteiger partial charge in [0.1, 0.15) is 11.3 Å². The fraction of sp³-hybridized carbons (Fsp3) is 0.692. The van der Waals surface area contributed by atoms with Crippen LogP contribution in [-0.2, 0) is 23.4 Å². The highest BCUT2D eigenvalue weighted by atomic mass is 31.2. The zero-order valence-corrected chi connectivity index (χ0v) is 14.3. The van der Waals surface area contributed by atoms with Gasteiger partial charge >= 0.3 is 12.1 Å². The molecule has 0 aromatic rings. The molecule has 0 radical (unpaired) electrons. The molecule has 0 rings (SSSR count). The van der Waals surface area contributed by atoms with E-state index in [-0.39, 0.29) is 18.5 Å². The SMILES string of the molecule is CCOC(=O)C(=CCP(C)(=O)OC)NC(=O)OC(C)(C)C. The maximum Gasteiger partial charge on any atom is 0.412 e. The molecule has 0 bridgehead atoms. The average molecular weight is 321 g/mol. The second-order valence-corrected chi connectivity index (χ2v) is 8.10. The monoisotopic (exact) mass is 321 g/mol. The van der Waals surface area contributed by atoms with Gasteiger partial charge in [-0.3, -0.25) is 9.88 Å². The Morgan fingerprint density at radius 3 is 2.29 bits per heavy atom. The first-order valence-electron chi connectivity index (χ1n) is 6.50. The van der Waals surface area contributed by atoms with Crippen molar-refractivity contribution in [3.63, 3.8) is 0 Å². The van der Waals surface area contributed by atoms with Crippen molar-refractivity contribution in [1.82, 2.24) is 5.32 Å². The number of ether oxygens (including phenoxy) is 2. The van der Waals surface area contributed by atoms with Crippen LogP contribution in [0.3, 0.4) is 0 Å². The van der Waals surface area contributed by atoms with E-state index >= 15 is 0 Å². The van der Waals surface area contributed by atoms with Crippen molar-refractivity contribution in [2.75, 3.05) is 26.5 Å². The summed E-state index contributed by atoms with van der Waals surface area (Å²) in [5.41, 5.74) is -0.818. The maximum absolute atomic E-state index is 11.8. The normalized spacial score (nSPS) is 15.0. The van der Waals surface area contributed by atoms with Crippen molar-refractivity contribution in [3.05, 3.63) is 11.8 Å². The number of carbonyl (C=O) groups is 2. The van der Waals surface area contributed by atoms with E-state index in [4.69, 9.17) is 14.0 Å². The Morgan fingerprint density at radius 1 is 1.29 bits per heavy atom. The zero-order chi connectivity index (χ0) is 16.7. The molecule has 1 amide bonds. The Hall–Kier alpha value is -1.33. The minimum absolute atomic E-state index is 0.00650. The van der Waals surface area contributed by atoms with Gasteiger partial charge in [0.15, 0.2) is 0 Å². The van der Waals surface area contributed by atoms with Crippen LogP contribution in [0.5, 0.6) is 0 Å². The average Bonchev–Trinajstić information content (AvgIpc) is 2.32. The summed E-state index contributed by atoms with van der Waals surface area (Å²) in [5, 5.41) is 2.30. The van der Waals surface area contributed by atoms with Gasteiger partial charge in [0.2, 0.25) is 7.37 Å². The molecule has 122 valence electrons. The minimum Gasteiger partial charge on any atom is -0.461 e. The molecule has 0 heterocycles. The van der Waals surface area contributed by atoms with Crippen LogP contribution < -0.4 is 5.32 Å². The van der Waals surface area contributed by atoms with Crippen molar-refractivity contribution in [3.8, 4) is 0 Å². The molecular formula is C13H24NO6P. The smallest absolute Gasteiger partial charge is 0.412 e. The van der Waals surface area contributed by atoms with E-state index in [9.17, 15) is 14.2 Å². The van der Waals surface area contributed by atoms with Gasteiger partial charge in [-0.15, -0.1) is 0 Å². The van der Waals surface area contributed by atoms with Crippen LogP contribution in [0.15, 0.2) is 11.8 Å². The molecule has 21 heavy (non-hydrogen) atoms. The van der Waals surface area contributed by atoms with E-state index in [1.807, 2.05) is 0 Å². The second-order valence-electron chi connectivity index (χ2n) is 5.34. The van der Waals surface area contributed by atoms with E-state index < -0.39 is 25.0 Å². The van der Waals surface area contributed by atoms with Crippen molar-refractivity contribution >= 4 is 19.4 Å². The Kier molecular flexibility index (Phi) is 7.68. The summed E-state index contributed by atoms with van der Waals surface area (Å²) in [4.78, 5) is 23.4. The van der Waals surface area contributed by atoms with E-state index in [1.165, 1.54) is 19.9 Å². The van der Waals surface area contributed by atoms with Crippen LogP contribution in [-0.4, -0.2) is 44.2 Å². The lowest BCUT2D eigenvalue weighted by molar-refractivity contribution is -0.139. The highest BCUT2D eigenvalue weighted by Gasteiger charge is 2.21. The lowest BCUT2D eigenvalue weighted by Crippen LogP contribution is -2.34. The number of nitrogens with one attached hydrogen (secondary N) is 1. The summed E-state index contributed by atoms with van der Waals surface area (Å²) in [5.74, 6) is -0.723. The van der Waals surface area contributed by atoms with Gasteiger partial charge in [-0.05, 0) is 33.8 Å². The molecule has 0 aliphatic rings. The molecule has 8 heteroatoms. The Morgan fingerprint density at radius 2 is 1.86 bits per heavy atom. The van der Waals surface area contributed by atoms with Crippen molar-refractivity contribution in [2.24, 2.45) is 0 Å². The van der Waals surface area contributed by atoms with E-state index in [0.29, 0.717) is 0 Å². The summed E-state index contributed by atoms with van der Waals surface area (Å²) in [6, 6.07) is 0. The predicted octanol–water partition coefficient (Wildman–Crippen LogP) is 2.51. The van der Waals surface area contributed by atoms with Crippen molar-refractivity contribution < 1.29 is 28.2 Å². The standard InChI is InChI=1S/C13H24NO6P/c1-7-19-11(15)10(8-9-21(6,17)18-5)14-12(16)20-13(2,3)4/h8H,7,9H2,1-6H3,(H,14,16). The first kappa shape index (κ1) is 19.7. The lowest BCUT2D eigenvalue weighted by atomic mass is 10.2. The molecule has 0 aromatic heterocycles. The van der Waals surface area contributed by atoms with E-state index in [0.717, 1.165) is 0 Å². The van der Waals surface area contributed by atoms with Crippen molar-refractivity contribution in [2.45, 2.75) is 33.3 Å². The third kappa shape index (κ3) is 9.26. The molecular weight excluding hydrogens is 297 g/mol. The molecule has 0 aliphatic carbocycles. The largest absolute Gasteiger partial charge is 0.461 e. The summed E-state index contributed by atoms with van der Waals surface area (Å²) in [6.07, 6.45) is 0.518. The Balaban J connectivity index is 4.99. The summed E-state index contributed by atoms with van der Waals surface area (Å²) >= 11 is 0. The molecule has 0 saturated heterocycles. The van der Waals surface area contributed by atoms with Gasteiger partial charge in [-0.2, -0.15) is 0 Å². The fourth-order valence-electron chi connectivity index (χ4n) is 1.14. The van der Waals surface area contributed by atoms with Crippen molar-refractivity contribution in [1.29, 1.82) is 0 Å². The lowest BCUT2D eigenvalue weighted by Gasteiger charge is -2.20. The fourth-order valence-corrected chi connectivity index (χ4v) is 1.80. The molecule has 0 fully saturated rings. The number of hydrogen-bond acceptors (Lipinski definition) is 6. The molecule has 0 aliphatic heterocycles. The predicted molar refractivity (Wildman–Crippen MR) is 79.5 cm³/mol. The number of esters is 1. The highest BCUT2D eigenvalue weighted by molar-refractivity contribution is 7.58. The van der Waals surface area contributed by atoms with E-state index in [2.05, 4.69) is 5.32 Å². The Labute approximate surface area is 125 Å². The molecule has 1 atom stereocenters. The third-order valence-corrected chi connectivity index (χ3v) is 3.76. The number of rotatable bonds is 6. The number of allylic oxidation sites excluding steroid dienone is 1. The van der Waals surface area contributed by atoms with Crippen LogP contribution in [0.1, 0.15) is 27.7 Å². The van der Waals surface area contributed by atoms with Gasteiger partial charge in [0, 0.05) is 19.9 Å². The molecule has 1 unspecified atom stereocenters. The van der Waals surface area contributed by atoms with Gasteiger partial charge in [0.25, 0.3) is 0 Å². The van der Waals surface area contributed by atoms with Gasteiger partial charge in [-0.25, -0.2) is 9.59 Å². The van der Waals surface area contributed by atoms with Crippen LogP contribution in [0, 0.1) is 0 Å². The topological polar surface area (TPSA) is 90.9 Å². The first-order valence-corrected chi connectivity index (χ1v) is 8.76. The minimum atomic E-state index is -2.85. The second kappa shape index (κ2) is 8.20. The molecule has 0 spiro atoms. The summed E-state index contributed by atoms with van der Waals surface area (Å²) in [7, 11) is -1.53. The van der Waals surface area contributed by atoms with Gasteiger partial charge < -0.3 is 14.0 Å². The van der Waals surface area contributed by atoms with Crippen LogP contribution >= 0.6 is 7.37 Å². The molecule has 7 nitrogen and oxygen atoms in total. The number of carbonyl (C=O) groups excluding carboxylic acids is 2. The maximum atomic E-state index is 11.8. The number of hydrogen-bond donors (Lipinski definition) is 1. The number of alkyl carbamates (subject to hydrolysis) is 1. The van der Waals surface area contributed by atoms with Crippen LogP contribution in [0.4, 0.5) is 4.79 Å². The Bertz CT molecular complexity index is 452. The van der Waals surface area contributed by atoms with E-state index in [1.54, 1.807) is 27.7 Å². The quantitative estimate of drug-likeness (QED) is 0.459.